The zero-order valence-electron chi connectivity index (χ0n) is 17.1. The van der Waals surface area contributed by atoms with E-state index in [0.29, 0.717) is 54.1 Å². The number of aromatic nitrogens is 6. The van der Waals surface area contributed by atoms with E-state index in [1.54, 1.807) is 18.1 Å². The molecule has 4 heterocycles. The standard InChI is InChI=1S/C18H26N10O2/c1-26-10-20-14-15(22-13-9-28(6-3-5-19)25-17(13)30-2)23-18(24-16(14)26)27-7-4-12(8-27)21-11-29/h9-12H,3-8,19H2,1-2H3,(H,21,29)(H,22,23,24)/t12-/m0/s1. The molecule has 1 saturated heterocycles. The van der Waals surface area contributed by atoms with Crippen molar-refractivity contribution in [3.63, 3.8) is 0 Å². The maximum absolute atomic E-state index is 10.8. The molecule has 0 radical (unpaired) electrons. The maximum Gasteiger partial charge on any atom is 0.256 e. The second kappa shape index (κ2) is 8.53. The molecule has 0 unspecified atom stereocenters. The van der Waals surface area contributed by atoms with E-state index in [0.717, 1.165) is 25.8 Å². The number of nitrogens with two attached hydrogens (primary N) is 1. The number of anilines is 3. The smallest absolute Gasteiger partial charge is 0.256 e. The van der Waals surface area contributed by atoms with Crippen LogP contribution in [-0.4, -0.2) is 68.5 Å². The molecular formula is C18H26N10O2. The van der Waals surface area contributed by atoms with Gasteiger partial charge in [-0.15, -0.1) is 5.10 Å². The van der Waals surface area contributed by atoms with Crippen molar-refractivity contribution in [3.8, 4) is 5.88 Å². The van der Waals surface area contributed by atoms with Gasteiger partial charge in [0.25, 0.3) is 5.88 Å². The van der Waals surface area contributed by atoms with Gasteiger partial charge in [0, 0.05) is 32.7 Å². The summed E-state index contributed by atoms with van der Waals surface area (Å²) in [7, 11) is 3.47. The van der Waals surface area contributed by atoms with Gasteiger partial charge in [0.05, 0.1) is 19.6 Å². The Kier molecular flexibility index (Phi) is 5.65. The highest BCUT2D eigenvalue weighted by molar-refractivity contribution is 5.87. The molecule has 4 rings (SSSR count). The minimum Gasteiger partial charge on any atom is -0.478 e. The Hall–Kier alpha value is -3.41. The molecule has 12 heteroatoms. The van der Waals surface area contributed by atoms with Crippen molar-refractivity contribution < 1.29 is 9.53 Å². The molecule has 0 saturated carbocycles. The van der Waals surface area contributed by atoms with Crippen LogP contribution in [0.2, 0.25) is 0 Å². The van der Waals surface area contributed by atoms with Gasteiger partial charge in [-0.25, -0.2) is 4.98 Å². The Morgan fingerprint density at radius 1 is 1.40 bits per heavy atom. The fraction of sp³-hybridized carbons (Fsp3) is 0.500. The Morgan fingerprint density at radius 2 is 2.27 bits per heavy atom. The molecule has 0 aromatic carbocycles. The fourth-order valence-electron chi connectivity index (χ4n) is 3.53. The molecule has 1 aliphatic heterocycles. The molecular weight excluding hydrogens is 388 g/mol. The predicted molar refractivity (Wildman–Crippen MR) is 112 cm³/mol. The quantitative estimate of drug-likeness (QED) is 0.412. The fourth-order valence-corrected chi connectivity index (χ4v) is 3.53. The van der Waals surface area contributed by atoms with Gasteiger partial charge >= 0.3 is 0 Å². The molecule has 30 heavy (non-hydrogen) atoms. The summed E-state index contributed by atoms with van der Waals surface area (Å²) in [6.45, 7) is 2.70. The molecule has 1 fully saturated rings. The van der Waals surface area contributed by atoms with E-state index >= 15 is 0 Å². The number of hydrogen-bond donors (Lipinski definition) is 3. The third kappa shape index (κ3) is 3.85. The average Bonchev–Trinajstić information content (AvgIpc) is 3.46. The number of aryl methyl sites for hydroxylation is 2. The Balaban J connectivity index is 1.67. The molecule has 1 atom stereocenters. The summed E-state index contributed by atoms with van der Waals surface area (Å²) in [5.41, 5.74) is 7.66. The molecule has 1 amide bonds. The van der Waals surface area contributed by atoms with E-state index < -0.39 is 0 Å². The Morgan fingerprint density at radius 3 is 3.03 bits per heavy atom. The van der Waals surface area contributed by atoms with Crippen molar-refractivity contribution in [2.75, 3.05) is 37.0 Å². The summed E-state index contributed by atoms with van der Waals surface area (Å²) in [4.78, 5) is 26.7. The van der Waals surface area contributed by atoms with E-state index in [4.69, 9.17) is 20.4 Å². The van der Waals surface area contributed by atoms with Crippen LogP contribution in [0.25, 0.3) is 11.2 Å². The van der Waals surface area contributed by atoms with Crippen molar-refractivity contribution in [2.24, 2.45) is 12.8 Å². The molecule has 3 aromatic heterocycles. The van der Waals surface area contributed by atoms with Gasteiger partial charge in [-0.3, -0.25) is 9.48 Å². The lowest BCUT2D eigenvalue weighted by atomic mass is 10.3. The molecule has 160 valence electrons. The highest BCUT2D eigenvalue weighted by atomic mass is 16.5. The van der Waals surface area contributed by atoms with Crippen LogP contribution in [0, 0.1) is 0 Å². The van der Waals surface area contributed by atoms with Gasteiger partial charge < -0.3 is 30.6 Å². The lowest BCUT2D eigenvalue weighted by Gasteiger charge is -2.17. The SMILES string of the molecule is COc1nn(CCCN)cc1Nc1nc(N2CC[C@H](NC=O)C2)nc2c1ncn2C. The highest BCUT2D eigenvalue weighted by Crippen LogP contribution is 2.30. The minimum atomic E-state index is 0.0885. The number of ether oxygens (including phenoxy) is 1. The third-order valence-electron chi connectivity index (χ3n) is 5.09. The number of methoxy groups -OCH3 is 1. The summed E-state index contributed by atoms with van der Waals surface area (Å²) in [6, 6.07) is 0.0885. The number of hydrogen-bond acceptors (Lipinski definition) is 9. The van der Waals surface area contributed by atoms with Crippen molar-refractivity contribution in [2.45, 2.75) is 25.4 Å². The third-order valence-corrected chi connectivity index (χ3v) is 5.09. The maximum atomic E-state index is 10.8. The van der Waals surface area contributed by atoms with Crippen molar-refractivity contribution in [1.29, 1.82) is 0 Å². The number of carbonyl (C=O) groups excluding carboxylic acids is 1. The van der Waals surface area contributed by atoms with Crippen LogP contribution in [0.5, 0.6) is 5.88 Å². The monoisotopic (exact) mass is 414 g/mol. The van der Waals surface area contributed by atoms with Gasteiger partial charge in [0.15, 0.2) is 17.0 Å². The van der Waals surface area contributed by atoms with Gasteiger partial charge in [-0.05, 0) is 19.4 Å². The zero-order valence-corrected chi connectivity index (χ0v) is 17.1. The van der Waals surface area contributed by atoms with Crippen LogP contribution < -0.4 is 26.0 Å². The second-order valence-corrected chi connectivity index (χ2v) is 7.20. The summed E-state index contributed by atoms with van der Waals surface area (Å²) in [6.07, 6.45) is 5.97. The molecule has 0 aliphatic carbocycles. The number of nitrogens with zero attached hydrogens (tertiary/aromatic N) is 7. The van der Waals surface area contributed by atoms with Gasteiger partial charge in [-0.2, -0.15) is 9.97 Å². The lowest BCUT2D eigenvalue weighted by molar-refractivity contribution is -0.110. The van der Waals surface area contributed by atoms with E-state index in [1.807, 2.05) is 17.8 Å². The molecule has 4 N–H and O–H groups in total. The van der Waals surface area contributed by atoms with Crippen LogP contribution in [0.15, 0.2) is 12.5 Å². The number of imidazole rings is 1. The average molecular weight is 414 g/mol. The van der Waals surface area contributed by atoms with Crippen molar-refractivity contribution in [3.05, 3.63) is 12.5 Å². The summed E-state index contributed by atoms with van der Waals surface area (Å²) in [5, 5.41) is 10.6. The minimum absolute atomic E-state index is 0.0885. The first-order valence-electron chi connectivity index (χ1n) is 9.85. The largest absolute Gasteiger partial charge is 0.478 e. The number of rotatable bonds is 9. The number of nitrogens with one attached hydrogen (secondary N) is 2. The first-order valence-corrected chi connectivity index (χ1v) is 9.85. The van der Waals surface area contributed by atoms with Crippen LogP contribution >= 0.6 is 0 Å². The van der Waals surface area contributed by atoms with E-state index in [9.17, 15) is 4.79 Å². The summed E-state index contributed by atoms with van der Waals surface area (Å²) >= 11 is 0. The molecule has 12 nitrogen and oxygen atoms in total. The first kappa shape index (κ1) is 19.9. The number of amides is 1. The molecule has 0 bridgehead atoms. The van der Waals surface area contributed by atoms with Gasteiger partial charge in [-0.1, -0.05) is 0 Å². The second-order valence-electron chi connectivity index (χ2n) is 7.20. The molecule has 0 spiro atoms. The topological polar surface area (TPSA) is 141 Å². The van der Waals surface area contributed by atoms with Gasteiger partial charge in [0.2, 0.25) is 12.4 Å². The van der Waals surface area contributed by atoms with Crippen molar-refractivity contribution in [1.82, 2.24) is 34.6 Å². The van der Waals surface area contributed by atoms with Crippen LogP contribution in [0.4, 0.5) is 17.5 Å². The van der Waals surface area contributed by atoms with Crippen LogP contribution in [0.1, 0.15) is 12.8 Å². The van der Waals surface area contributed by atoms with E-state index in [1.165, 1.54) is 0 Å². The normalized spacial score (nSPS) is 16.2. The van der Waals surface area contributed by atoms with Crippen LogP contribution in [0.3, 0.4) is 0 Å². The molecule has 3 aromatic rings. The van der Waals surface area contributed by atoms with Crippen LogP contribution in [-0.2, 0) is 18.4 Å². The Bertz CT molecular complexity index is 1030. The number of carbonyl (C=O) groups is 1. The van der Waals surface area contributed by atoms with Crippen molar-refractivity contribution >= 4 is 35.0 Å². The highest BCUT2D eigenvalue weighted by Gasteiger charge is 2.26. The number of fused-ring (bicyclic) bond motifs is 1. The summed E-state index contributed by atoms with van der Waals surface area (Å²) < 4.78 is 9.07. The van der Waals surface area contributed by atoms with E-state index in [2.05, 4.69) is 25.6 Å². The lowest BCUT2D eigenvalue weighted by Crippen LogP contribution is -2.32. The van der Waals surface area contributed by atoms with E-state index in [-0.39, 0.29) is 6.04 Å². The van der Waals surface area contributed by atoms with Gasteiger partial charge in [0.1, 0.15) is 5.69 Å². The zero-order chi connectivity index (χ0) is 21.1. The molecule has 1 aliphatic rings. The first-order chi connectivity index (χ1) is 14.6. The predicted octanol–water partition coefficient (Wildman–Crippen LogP) is -0.0145. The Labute approximate surface area is 173 Å². The summed E-state index contributed by atoms with van der Waals surface area (Å²) in [5.74, 6) is 1.62.